The molecule has 0 aliphatic rings. The maximum Gasteiger partial charge on any atom is 0.274 e. The molecule has 0 bridgehead atoms. The summed E-state index contributed by atoms with van der Waals surface area (Å²) in [7, 11) is 0. The van der Waals surface area contributed by atoms with Gasteiger partial charge < -0.3 is 11.1 Å². The highest BCUT2D eigenvalue weighted by Gasteiger charge is 2.29. The smallest absolute Gasteiger partial charge is 0.274 e. The number of rotatable bonds is 5. The molecule has 3 heterocycles. The topological polar surface area (TPSA) is 143 Å². The summed E-state index contributed by atoms with van der Waals surface area (Å²) in [5.74, 6) is -0.181. The molecule has 1 amide bonds. The van der Waals surface area contributed by atoms with Gasteiger partial charge in [-0.3, -0.25) is 9.78 Å². The van der Waals surface area contributed by atoms with Gasteiger partial charge in [-0.25, -0.2) is 19.9 Å². The van der Waals surface area contributed by atoms with Crippen LogP contribution in [-0.2, 0) is 5.54 Å². The quantitative estimate of drug-likeness (QED) is 0.375. The molecule has 0 radical (unpaired) electrons. The number of nitrogens with zero attached hydrogens (tertiary/aromatic N) is 6. The zero-order valence-electron chi connectivity index (χ0n) is 20.2. The Hall–Kier alpha value is -5.23. The van der Waals surface area contributed by atoms with Crippen LogP contribution < -0.4 is 11.1 Å². The SMILES string of the molecule is CC(C)(NC(=O)c1nc(-c2ccc3ncccc3c2)c(-c2ccccc2)nc1N)c1ncc(C#N)cn1. The number of pyridine rings is 1. The summed E-state index contributed by atoms with van der Waals surface area (Å²) in [4.78, 5) is 35.6. The number of amides is 1. The molecule has 0 atom stereocenters. The van der Waals surface area contributed by atoms with E-state index >= 15 is 0 Å². The molecule has 0 fully saturated rings. The van der Waals surface area contributed by atoms with Crippen molar-refractivity contribution in [2.75, 3.05) is 5.73 Å². The van der Waals surface area contributed by atoms with Gasteiger partial charge in [0.1, 0.15) is 6.07 Å². The van der Waals surface area contributed by atoms with Gasteiger partial charge in [-0.1, -0.05) is 42.5 Å². The second-order valence-corrected chi connectivity index (χ2v) is 8.92. The highest BCUT2D eigenvalue weighted by molar-refractivity contribution is 5.98. The number of fused-ring (bicyclic) bond motifs is 1. The van der Waals surface area contributed by atoms with Gasteiger partial charge >= 0.3 is 0 Å². The lowest BCUT2D eigenvalue weighted by molar-refractivity contribution is 0.0904. The average molecular weight is 487 g/mol. The van der Waals surface area contributed by atoms with Crippen molar-refractivity contribution < 1.29 is 4.79 Å². The summed E-state index contributed by atoms with van der Waals surface area (Å²) in [6, 6.07) is 21.1. The second-order valence-electron chi connectivity index (χ2n) is 8.92. The third-order valence-corrected chi connectivity index (χ3v) is 5.83. The summed E-state index contributed by atoms with van der Waals surface area (Å²) < 4.78 is 0. The Labute approximate surface area is 213 Å². The van der Waals surface area contributed by atoms with Crippen molar-refractivity contribution >= 4 is 22.6 Å². The van der Waals surface area contributed by atoms with E-state index in [2.05, 4.69) is 25.3 Å². The van der Waals surface area contributed by atoms with E-state index in [9.17, 15) is 4.79 Å². The Morgan fingerprint density at radius 1 is 0.919 bits per heavy atom. The van der Waals surface area contributed by atoms with Gasteiger partial charge in [0.15, 0.2) is 17.3 Å². The minimum Gasteiger partial charge on any atom is -0.382 e. The van der Waals surface area contributed by atoms with Crippen LogP contribution in [0.4, 0.5) is 5.82 Å². The maximum atomic E-state index is 13.4. The molecule has 180 valence electrons. The van der Waals surface area contributed by atoms with Crippen molar-refractivity contribution in [3.8, 4) is 28.6 Å². The average Bonchev–Trinajstić information content (AvgIpc) is 2.93. The summed E-state index contributed by atoms with van der Waals surface area (Å²) in [6.45, 7) is 3.51. The molecule has 0 saturated carbocycles. The predicted octanol–water partition coefficient (Wildman–Crippen LogP) is 4.27. The van der Waals surface area contributed by atoms with Gasteiger partial charge in [0, 0.05) is 35.1 Å². The Bertz CT molecular complexity index is 1660. The van der Waals surface area contributed by atoms with E-state index in [4.69, 9.17) is 16.0 Å². The van der Waals surface area contributed by atoms with Crippen molar-refractivity contribution in [1.29, 1.82) is 5.26 Å². The van der Waals surface area contributed by atoms with Crippen LogP contribution in [0.5, 0.6) is 0 Å². The third kappa shape index (κ3) is 4.68. The van der Waals surface area contributed by atoms with Crippen molar-refractivity contribution in [1.82, 2.24) is 30.2 Å². The molecule has 9 nitrogen and oxygen atoms in total. The van der Waals surface area contributed by atoms with E-state index in [1.54, 1.807) is 20.0 Å². The monoisotopic (exact) mass is 486 g/mol. The normalized spacial score (nSPS) is 11.2. The van der Waals surface area contributed by atoms with E-state index < -0.39 is 11.4 Å². The lowest BCUT2D eigenvalue weighted by Gasteiger charge is -2.24. The number of aromatic nitrogens is 5. The molecule has 5 rings (SSSR count). The minimum atomic E-state index is -0.966. The first-order chi connectivity index (χ1) is 17.9. The van der Waals surface area contributed by atoms with E-state index in [0.717, 1.165) is 22.0 Å². The van der Waals surface area contributed by atoms with Crippen molar-refractivity contribution in [2.24, 2.45) is 0 Å². The summed E-state index contributed by atoms with van der Waals surface area (Å²) in [5.41, 5.74) is 9.15. The number of hydrogen-bond donors (Lipinski definition) is 2. The molecule has 37 heavy (non-hydrogen) atoms. The lowest BCUT2D eigenvalue weighted by atomic mass is 10.0. The Balaban J connectivity index is 1.59. The summed E-state index contributed by atoms with van der Waals surface area (Å²) in [6.07, 6.45) is 4.56. The van der Waals surface area contributed by atoms with Crippen molar-refractivity contribution in [2.45, 2.75) is 19.4 Å². The van der Waals surface area contributed by atoms with Gasteiger partial charge in [0.2, 0.25) is 0 Å². The number of nitrogen functional groups attached to an aromatic ring is 1. The van der Waals surface area contributed by atoms with E-state index in [1.807, 2.05) is 66.7 Å². The fourth-order valence-electron chi connectivity index (χ4n) is 3.94. The van der Waals surface area contributed by atoms with Gasteiger partial charge in [0.25, 0.3) is 5.91 Å². The fraction of sp³-hybridized carbons (Fsp3) is 0.107. The van der Waals surface area contributed by atoms with Crippen molar-refractivity contribution in [3.05, 3.63) is 96.3 Å². The zero-order valence-corrected chi connectivity index (χ0v) is 20.2. The molecule has 3 N–H and O–H groups in total. The highest BCUT2D eigenvalue weighted by atomic mass is 16.2. The van der Waals surface area contributed by atoms with E-state index in [0.29, 0.717) is 22.8 Å². The molecular formula is C28H22N8O. The van der Waals surface area contributed by atoms with Gasteiger partial charge in [0.05, 0.1) is 28.0 Å². The molecule has 0 aliphatic carbocycles. The van der Waals surface area contributed by atoms with Crippen LogP contribution in [-0.4, -0.2) is 30.8 Å². The maximum absolute atomic E-state index is 13.4. The van der Waals surface area contributed by atoms with E-state index in [-0.39, 0.29) is 11.5 Å². The standard InChI is InChI=1S/C28H22N8O/c1-28(2,27-32-15-17(14-29)16-33-27)36-26(37)24-25(30)35-22(18-7-4-3-5-8-18)23(34-24)20-10-11-21-19(13-20)9-6-12-31-21/h3-13,15-16H,1-2H3,(H2,30,35)(H,36,37). The van der Waals surface area contributed by atoms with Crippen LogP contribution in [0.25, 0.3) is 33.4 Å². The van der Waals surface area contributed by atoms with Gasteiger partial charge in [-0.2, -0.15) is 5.26 Å². The molecule has 0 saturated heterocycles. The molecule has 2 aromatic carbocycles. The van der Waals surface area contributed by atoms with Crippen LogP contribution in [0.3, 0.4) is 0 Å². The summed E-state index contributed by atoms with van der Waals surface area (Å²) in [5, 5.41) is 12.8. The molecule has 0 spiro atoms. The second kappa shape index (κ2) is 9.43. The predicted molar refractivity (Wildman–Crippen MR) is 140 cm³/mol. The Kier molecular flexibility index (Phi) is 5.99. The number of anilines is 1. The fourth-order valence-corrected chi connectivity index (χ4v) is 3.94. The lowest BCUT2D eigenvalue weighted by Crippen LogP contribution is -2.43. The first kappa shape index (κ1) is 23.5. The number of hydrogen-bond acceptors (Lipinski definition) is 8. The first-order valence-electron chi connectivity index (χ1n) is 11.5. The third-order valence-electron chi connectivity index (χ3n) is 5.83. The Morgan fingerprint density at radius 2 is 1.65 bits per heavy atom. The Morgan fingerprint density at radius 3 is 2.38 bits per heavy atom. The van der Waals surface area contributed by atoms with Crippen LogP contribution >= 0.6 is 0 Å². The number of nitriles is 1. The van der Waals surface area contributed by atoms with Crippen LogP contribution in [0.2, 0.25) is 0 Å². The van der Waals surface area contributed by atoms with Crippen LogP contribution in [0.15, 0.2) is 79.3 Å². The van der Waals surface area contributed by atoms with Crippen LogP contribution in [0.1, 0.15) is 35.7 Å². The zero-order chi connectivity index (χ0) is 26.0. The van der Waals surface area contributed by atoms with Gasteiger partial charge in [-0.05, 0) is 32.0 Å². The molecule has 0 aliphatic heterocycles. The largest absolute Gasteiger partial charge is 0.382 e. The molecule has 3 aromatic heterocycles. The number of carbonyl (C=O) groups excluding carboxylic acids is 1. The minimum absolute atomic E-state index is 0.000828. The number of carbonyl (C=O) groups is 1. The van der Waals surface area contributed by atoms with E-state index in [1.165, 1.54) is 12.4 Å². The molecule has 9 heteroatoms. The molecule has 0 unspecified atom stereocenters. The van der Waals surface area contributed by atoms with Crippen molar-refractivity contribution in [3.63, 3.8) is 0 Å². The molecular weight excluding hydrogens is 464 g/mol. The summed E-state index contributed by atoms with van der Waals surface area (Å²) >= 11 is 0. The highest BCUT2D eigenvalue weighted by Crippen LogP contribution is 2.32. The number of benzene rings is 2. The van der Waals surface area contributed by atoms with Gasteiger partial charge in [-0.15, -0.1) is 0 Å². The number of nitrogens with two attached hydrogens (primary N) is 1. The number of nitrogens with one attached hydrogen (secondary N) is 1. The van der Waals surface area contributed by atoms with Crippen LogP contribution in [0, 0.1) is 11.3 Å². The molecule has 5 aromatic rings. The first-order valence-corrected chi connectivity index (χ1v) is 11.5.